The lowest BCUT2D eigenvalue weighted by molar-refractivity contribution is 0.0696. The Hall–Kier alpha value is -2.19. The van der Waals surface area contributed by atoms with E-state index in [1.807, 2.05) is 0 Å². The van der Waals surface area contributed by atoms with Crippen LogP contribution >= 0.6 is 0 Å². The summed E-state index contributed by atoms with van der Waals surface area (Å²) in [7, 11) is 2.93. The number of rotatable bonds is 4. The molecule has 1 rings (SSSR count). The third kappa shape index (κ3) is 3.15. The first kappa shape index (κ1) is 13.9. The molecule has 0 aliphatic rings. The van der Waals surface area contributed by atoms with Gasteiger partial charge in [0.25, 0.3) is 0 Å². The van der Waals surface area contributed by atoms with Crippen LogP contribution in [0.15, 0.2) is 12.1 Å². The van der Waals surface area contributed by atoms with E-state index in [0.29, 0.717) is 30.0 Å². The summed E-state index contributed by atoms with van der Waals surface area (Å²) in [6, 6.07) is 2.94. The molecular weight excluding hydrogens is 234 g/mol. The molecule has 96 valence electrons. The number of hydrogen-bond acceptors (Lipinski definition) is 4. The van der Waals surface area contributed by atoms with E-state index in [4.69, 9.17) is 20.3 Å². The van der Waals surface area contributed by atoms with Crippen molar-refractivity contribution in [3.63, 3.8) is 0 Å². The minimum absolute atomic E-state index is 0.0807. The number of hydrogen-bond donors (Lipinski definition) is 2. The Morgan fingerprint density at radius 3 is 2.44 bits per heavy atom. The SMILES string of the molecule is COc1cc(C#CCCN)c(C(=O)O)cc1OC. The van der Waals surface area contributed by atoms with Crippen LogP contribution in [0.5, 0.6) is 11.5 Å². The first-order chi connectivity index (χ1) is 8.63. The lowest BCUT2D eigenvalue weighted by Gasteiger charge is -2.09. The number of nitrogens with two attached hydrogens (primary N) is 1. The lowest BCUT2D eigenvalue weighted by atomic mass is 10.1. The van der Waals surface area contributed by atoms with Gasteiger partial charge in [-0.1, -0.05) is 11.8 Å². The van der Waals surface area contributed by atoms with Crippen molar-refractivity contribution in [2.45, 2.75) is 6.42 Å². The highest BCUT2D eigenvalue weighted by atomic mass is 16.5. The van der Waals surface area contributed by atoms with Crippen LogP contribution in [-0.4, -0.2) is 31.8 Å². The topological polar surface area (TPSA) is 81.8 Å². The fourth-order valence-electron chi connectivity index (χ4n) is 1.39. The van der Waals surface area contributed by atoms with Crippen LogP contribution in [0.1, 0.15) is 22.3 Å². The second-order valence-corrected chi connectivity index (χ2v) is 3.40. The average Bonchev–Trinajstić information content (AvgIpc) is 2.38. The van der Waals surface area contributed by atoms with Gasteiger partial charge in [0, 0.05) is 24.6 Å². The van der Waals surface area contributed by atoms with Gasteiger partial charge in [-0.25, -0.2) is 4.79 Å². The number of carbonyl (C=O) groups is 1. The molecule has 0 fully saturated rings. The molecule has 0 spiro atoms. The van der Waals surface area contributed by atoms with Crippen LogP contribution in [0.25, 0.3) is 0 Å². The molecule has 0 aliphatic carbocycles. The lowest BCUT2D eigenvalue weighted by Crippen LogP contribution is -2.03. The van der Waals surface area contributed by atoms with Crippen molar-refractivity contribution >= 4 is 5.97 Å². The van der Waals surface area contributed by atoms with E-state index >= 15 is 0 Å². The number of benzene rings is 1. The summed E-state index contributed by atoms with van der Waals surface area (Å²) in [5, 5.41) is 9.12. The quantitative estimate of drug-likeness (QED) is 0.781. The zero-order chi connectivity index (χ0) is 13.5. The molecule has 0 heterocycles. The third-order valence-electron chi connectivity index (χ3n) is 2.25. The van der Waals surface area contributed by atoms with Crippen LogP contribution in [0.4, 0.5) is 0 Å². The van der Waals surface area contributed by atoms with Crippen molar-refractivity contribution in [1.29, 1.82) is 0 Å². The maximum atomic E-state index is 11.1. The molecule has 0 amide bonds. The summed E-state index contributed by atoms with van der Waals surface area (Å²) in [6.45, 7) is 0.433. The summed E-state index contributed by atoms with van der Waals surface area (Å²) < 4.78 is 10.2. The summed E-state index contributed by atoms with van der Waals surface area (Å²) in [6.07, 6.45) is 0.507. The van der Waals surface area contributed by atoms with Crippen molar-refractivity contribution in [3.8, 4) is 23.3 Å². The molecule has 0 aromatic heterocycles. The summed E-state index contributed by atoms with van der Waals surface area (Å²) >= 11 is 0. The number of carboxylic acids is 1. The summed E-state index contributed by atoms with van der Waals surface area (Å²) in [5.41, 5.74) is 5.79. The van der Waals surface area contributed by atoms with Crippen LogP contribution in [0, 0.1) is 11.8 Å². The second-order valence-electron chi connectivity index (χ2n) is 3.40. The smallest absolute Gasteiger partial charge is 0.337 e. The van der Waals surface area contributed by atoms with Gasteiger partial charge < -0.3 is 20.3 Å². The highest BCUT2D eigenvalue weighted by Crippen LogP contribution is 2.30. The van der Waals surface area contributed by atoms with Gasteiger partial charge in [-0.15, -0.1) is 0 Å². The Morgan fingerprint density at radius 1 is 1.33 bits per heavy atom. The average molecular weight is 249 g/mol. The molecule has 18 heavy (non-hydrogen) atoms. The number of ether oxygens (including phenoxy) is 2. The van der Waals surface area contributed by atoms with E-state index in [2.05, 4.69) is 11.8 Å². The van der Waals surface area contributed by atoms with Gasteiger partial charge in [0.1, 0.15) is 0 Å². The van der Waals surface area contributed by atoms with Crippen molar-refractivity contribution < 1.29 is 19.4 Å². The Bertz CT molecular complexity index is 500. The molecule has 0 saturated heterocycles. The number of methoxy groups -OCH3 is 2. The fourth-order valence-corrected chi connectivity index (χ4v) is 1.39. The predicted octanol–water partition coefficient (Wildman–Crippen LogP) is 1.10. The third-order valence-corrected chi connectivity index (χ3v) is 2.25. The molecule has 5 heteroatoms. The minimum atomic E-state index is -1.06. The van der Waals surface area contributed by atoms with Crippen molar-refractivity contribution in [2.24, 2.45) is 5.73 Å². The first-order valence-electron chi connectivity index (χ1n) is 5.32. The van der Waals surface area contributed by atoms with E-state index in [9.17, 15) is 4.79 Å². The normalized spacial score (nSPS) is 9.28. The van der Waals surface area contributed by atoms with E-state index in [1.165, 1.54) is 20.3 Å². The van der Waals surface area contributed by atoms with Crippen molar-refractivity contribution in [3.05, 3.63) is 23.3 Å². The molecule has 0 bridgehead atoms. The van der Waals surface area contributed by atoms with E-state index in [1.54, 1.807) is 6.07 Å². The molecule has 0 saturated carbocycles. The van der Waals surface area contributed by atoms with Gasteiger partial charge in [-0.05, 0) is 6.07 Å². The highest BCUT2D eigenvalue weighted by molar-refractivity contribution is 5.91. The summed E-state index contributed by atoms with van der Waals surface area (Å²) in [4.78, 5) is 11.1. The molecule has 0 radical (unpaired) electrons. The van der Waals surface area contributed by atoms with Crippen molar-refractivity contribution in [1.82, 2.24) is 0 Å². The number of carboxylic acid groups (broad SMARTS) is 1. The Balaban J connectivity index is 3.30. The fraction of sp³-hybridized carbons (Fsp3) is 0.308. The molecular formula is C13H15NO4. The van der Waals surface area contributed by atoms with E-state index < -0.39 is 5.97 Å². The summed E-state index contributed by atoms with van der Waals surface area (Å²) in [5.74, 6) is 5.32. The van der Waals surface area contributed by atoms with Gasteiger partial charge in [-0.3, -0.25) is 0 Å². The van der Waals surface area contributed by atoms with Crippen LogP contribution in [-0.2, 0) is 0 Å². The largest absolute Gasteiger partial charge is 0.493 e. The molecule has 0 aliphatic heterocycles. The van der Waals surface area contributed by atoms with Gasteiger partial charge >= 0.3 is 5.97 Å². The molecule has 0 unspecified atom stereocenters. The van der Waals surface area contributed by atoms with Gasteiger partial charge in [0.2, 0.25) is 0 Å². The van der Waals surface area contributed by atoms with Gasteiger partial charge in [-0.2, -0.15) is 0 Å². The Morgan fingerprint density at radius 2 is 1.94 bits per heavy atom. The molecule has 1 aromatic carbocycles. The van der Waals surface area contributed by atoms with Crippen LogP contribution in [0.2, 0.25) is 0 Å². The van der Waals surface area contributed by atoms with E-state index in [0.717, 1.165) is 0 Å². The molecule has 3 N–H and O–H groups in total. The minimum Gasteiger partial charge on any atom is -0.493 e. The van der Waals surface area contributed by atoms with Gasteiger partial charge in [0.15, 0.2) is 11.5 Å². The van der Waals surface area contributed by atoms with Crippen LogP contribution in [0.3, 0.4) is 0 Å². The molecule has 1 aromatic rings. The van der Waals surface area contributed by atoms with Gasteiger partial charge in [0.05, 0.1) is 19.8 Å². The highest BCUT2D eigenvalue weighted by Gasteiger charge is 2.14. The van der Waals surface area contributed by atoms with Crippen LogP contribution < -0.4 is 15.2 Å². The second kappa shape index (κ2) is 6.52. The zero-order valence-corrected chi connectivity index (χ0v) is 10.3. The monoisotopic (exact) mass is 249 g/mol. The Labute approximate surface area is 106 Å². The zero-order valence-electron chi connectivity index (χ0n) is 10.3. The maximum Gasteiger partial charge on any atom is 0.337 e. The predicted molar refractivity (Wildman–Crippen MR) is 67.1 cm³/mol. The maximum absolute atomic E-state index is 11.1. The molecule has 0 atom stereocenters. The number of aromatic carboxylic acids is 1. The molecule has 5 nitrogen and oxygen atoms in total. The standard InChI is InChI=1S/C13H15NO4/c1-17-11-7-9(5-3-4-6-14)10(13(15)16)8-12(11)18-2/h7-8H,4,6,14H2,1-2H3,(H,15,16). The Kier molecular flexibility index (Phi) is 5.03. The first-order valence-corrected chi connectivity index (χ1v) is 5.32. The van der Waals surface area contributed by atoms with E-state index in [-0.39, 0.29) is 5.56 Å². The van der Waals surface area contributed by atoms with Crippen molar-refractivity contribution in [2.75, 3.05) is 20.8 Å².